The quantitative estimate of drug-likeness (QED) is 0.675. The van der Waals surface area contributed by atoms with Crippen molar-refractivity contribution in [3.05, 3.63) is 60.4 Å². The number of aromatic nitrogens is 2. The van der Waals surface area contributed by atoms with Crippen LogP contribution in [0.2, 0.25) is 0 Å². The van der Waals surface area contributed by atoms with Gasteiger partial charge in [-0.3, -0.25) is 0 Å². The van der Waals surface area contributed by atoms with Crippen molar-refractivity contribution < 1.29 is 17.9 Å². The molecule has 3 aromatic rings. The van der Waals surface area contributed by atoms with Gasteiger partial charge in [0.2, 0.25) is 5.88 Å². The summed E-state index contributed by atoms with van der Waals surface area (Å²) in [5.74, 6) is 0.870. The van der Waals surface area contributed by atoms with Gasteiger partial charge < -0.3 is 15.8 Å². The summed E-state index contributed by atoms with van der Waals surface area (Å²) in [5.41, 5.74) is 6.87. The molecule has 0 saturated heterocycles. The van der Waals surface area contributed by atoms with Crippen LogP contribution in [0.15, 0.2) is 59.8 Å². The summed E-state index contributed by atoms with van der Waals surface area (Å²) in [6, 6.07) is 11.8. The molecule has 4 rings (SSSR count). The summed E-state index contributed by atoms with van der Waals surface area (Å²) < 4.78 is 43.8. The second-order valence-corrected chi connectivity index (χ2v) is 6.94. The van der Waals surface area contributed by atoms with Crippen molar-refractivity contribution >= 4 is 17.4 Å². The molecule has 2 aromatic carbocycles. The molecule has 2 heterocycles. The third kappa shape index (κ3) is 3.83. The zero-order valence-electron chi connectivity index (χ0n) is 13.7. The third-order valence-corrected chi connectivity index (χ3v) is 4.84. The molecule has 1 atom stereocenters. The Hall–Kier alpha value is -2.78. The molecule has 0 spiro atoms. The Morgan fingerprint density at radius 2 is 1.81 bits per heavy atom. The summed E-state index contributed by atoms with van der Waals surface area (Å²) in [4.78, 5) is 9.14. The van der Waals surface area contributed by atoms with Crippen molar-refractivity contribution in [2.75, 3.05) is 5.32 Å². The number of halogens is 3. The van der Waals surface area contributed by atoms with Crippen LogP contribution in [0, 0.1) is 0 Å². The molecule has 0 amide bonds. The first kappa shape index (κ1) is 17.6. The molecule has 1 aliphatic rings. The van der Waals surface area contributed by atoms with Crippen LogP contribution in [-0.4, -0.2) is 15.5 Å². The van der Waals surface area contributed by atoms with Gasteiger partial charge >= 0.3 is 6.18 Å². The second-order valence-electron chi connectivity index (χ2n) is 5.76. The molecular formula is C18H13F3N4OS. The normalized spacial score (nSPS) is 15.9. The second kappa shape index (κ2) is 6.75. The van der Waals surface area contributed by atoms with Gasteiger partial charge in [0.05, 0.1) is 16.9 Å². The number of alkyl halides is 3. The highest BCUT2D eigenvalue weighted by molar-refractivity contribution is 8.00. The molecule has 1 aromatic heterocycles. The van der Waals surface area contributed by atoms with Crippen LogP contribution in [0.1, 0.15) is 5.56 Å². The standard InChI is InChI=1S/C18H13F3N4OS/c19-18(20,21)11-3-1-10(2-4-11)14-8-16(24-9-23-14)26-12-5-6-13-15(7-12)27-17(22)25-13/h1-9,17,25H,22H2. The predicted octanol–water partition coefficient (Wildman–Crippen LogP) is 4.71. The molecule has 0 fully saturated rings. The lowest BCUT2D eigenvalue weighted by Gasteiger charge is -2.09. The van der Waals surface area contributed by atoms with E-state index in [9.17, 15) is 13.2 Å². The van der Waals surface area contributed by atoms with E-state index in [1.165, 1.54) is 30.2 Å². The summed E-state index contributed by atoms with van der Waals surface area (Å²) in [6.45, 7) is 0. The fraction of sp³-hybridized carbons (Fsp3) is 0.111. The Kier molecular flexibility index (Phi) is 4.40. The van der Waals surface area contributed by atoms with Crippen LogP contribution in [0.3, 0.4) is 0 Å². The Labute approximate surface area is 156 Å². The first-order valence-corrected chi connectivity index (χ1v) is 8.77. The third-order valence-electron chi connectivity index (χ3n) is 3.88. The molecule has 1 aliphatic heterocycles. The average Bonchev–Trinajstić information content (AvgIpc) is 3.01. The van der Waals surface area contributed by atoms with Crippen molar-refractivity contribution in [1.82, 2.24) is 9.97 Å². The first-order valence-electron chi connectivity index (χ1n) is 7.89. The highest BCUT2D eigenvalue weighted by Gasteiger charge is 2.30. The lowest BCUT2D eigenvalue weighted by Crippen LogP contribution is -2.20. The number of benzene rings is 2. The van der Waals surface area contributed by atoms with E-state index >= 15 is 0 Å². The molecule has 0 bridgehead atoms. The van der Waals surface area contributed by atoms with Gasteiger partial charge in [0.25, 0.3) is 0 Å². The van der Waals surface area contributed by atoms with E-state index in [4.69, 9.17) is 10.5 Å². The van der Waals surface area contributed by atoms with Crippen LogP contribution in [0.5, 0.6) is 11.6 Å². The smallest absolute Gasteiger partial charge is 0.416 e. The summed E-state index contributed by atoms with van der Waals surface area (Å²) in [6.07, 6.45) is -3.07. The maximum atomic E-state index is 12.7. The van der Waals surface area contributed by atoms with E-state index in [-0.39, 0.29) is 5.50 Å². The number of nitrogens with two attached hydrogens (primary N) is 1. The summed E-state index contributed by atoms with van der Waals surface area (Å²) >= 11 is 1.48. The van der Waals surface area contributed by atoms with E-state index in [1.807, 2.05) is 12.1 Å². The Morgan fingerprint density at radius 3 is 2.56 bits per heavy atom. The molecule has 0 saturated carbocycles. The van der Waals surface area contributed by atoms with Crippen molar-refractivity contribution in [1.29, 1.82) is 0 Å². The van der Waals surface area contributed by atoms with Crippen molar-refractivity contribution in [3.63, 3.8) is 0 Å². The molecule has 1 unspecified atom stereocenters. The minimum absolute atomic E-state index is 0.194. The number of nitrogens with zero attached hydrogens (tertiary/aromatic N) is 2. The number of ether oxygens (including phenoxy) is 1. The van der Waals surface area contributed by atoms with Crippen LogP contribution in [-0.2, 0) is 6.18 Å². The molecule has 27 heavy (non-hydrogen) atoms. The van der Waals surface area contributed by atoms with E-state index in [2.05, 4.69) is 15.3 Å². The van der Waals surface area contributed by atoms with Gasteiger partial charge in [-0.2, -0.15) is 13.2 Å². The number of hydrogen-bond acceptors (Lipinski definition) is 6. The van der Waals surface area contributed by atoms with E-state index in [1.54, 1.807) is 12.1 Å². The Bertz CT molecular complexity index is 979. The number of thioether (sulfide) groups is 1. The van der Waals surface area contributed by atoms with Gasteiger partial charge in [-0.25, -0.2) is 9.97 Å². The van der Waals surface area contributed by atoms with Gasteiger partial charge in [0, 0.05) is 16.5 Å². The van der Waals surface area contributed by atoms with E-state index < -0.39 is 11.7 Å². The van der Waals surface area contributed by atoms with Crippen molar-refractivity contribution in [3.8, 4) is 22.9 Å². The van der Waals surface area contributed by atoms with Gasteiger partial charge in [-0.1, -0.05) is 23.9 Å². The van der Waals surface area contributed by atoms with Crippen LogP contribution in [0.4, 0.5) is 18.9 Å². The van der Waals surface area contributed by atoms with Crippen molar-refractivity contribution in [2.45, 2.75) is 16.6 Å². The van der Waals surface area contributed by atoms with Gasteiger partial charge in [0.1, 0.15) is 17.6 Å². The van der Waals surface area contributed by atoms with Crippen molar-refractivity contribution in [2.24, 2.45) is 5.73 Å². The van der Waals surface area contributed by atoms with Gasteiger partial charge in [0.15, 0.2) is 0 Å². The number of hydrogen-bond donors (Lipinski definition) is 2. The topological polar surface area (TPSA) is 73.1 Å². The molecule has 0 aliphatic carbocycles. The first-order chi connectivity index (χ1) is 12.9. The highest BCUT2D eigenvalue weighted by Crippen LogP contribution is 2.39. The fourth-order valence-corrected chi connectivity index (χ4v) is 3.50. The maximum Gasteiger partial charge on any atom is 0.416 e. The summed E-state index contributed by atoms with van der Waals surface area (Å²) in [7, 11) is 0. The number of anilines is 1. The molecule has 9 heteroatoms. The lowest BCUT2D eigenvalue weighted by atomic mass is 10.1. The van der Waals surface area contributed by atoms with E-state index in [0.29, 0.717) is 22.9 Å². The average molecular weight is 390 g/mol. The minimum Gasteiger partial charge on any atom is -0.439 e. The van der Waals surface area contributed by atoms with E-state index in [0.717, 1.165) is 22.7 Å². The number of nitrogens with one attached hydrogen (secondary N) is 1. The van der Waals surface area contributed by atoms with Gasteiger partial charge in [-0.05, 0) is 30.3 Å². The minimum atomic E-state index is -4.37. The fourth-order valence-electron chi connectivity index (χ4n) is 2.61. The highest BCUT2D eigenvalue weighted by atomic mass is 32.2. The predicted molar refractivity (Wildman–Crippen MR) is 96.4 cm³/mol. The zero-order valence-corrected chi connectivity index (χ0v) is 14.5. The Morgan fingerprint density at radius 1 is 1.04 bits per heavy atom. The monoisotopic (exact) mass is 390 g/mol. The van der Waals surface area contributed by atoms with Gasteiger partial charge in [-0.15, -0.1) is 0 Å². The maximum absolute atomic E-state index is 12.7. The zero-order chi connectivity index (χ0) is 19.0. The lowest BCUT2D eigenvalue weighted by molar-refractivity contribution is -0.137. The molecule has 3 N–H and O–H groups in total. The summed E-state index contributed by atoms with van der Waals surface area (Å²) in [5, 5.41) is 3.11. The number of fused-ring (bicyclic) bond motifs is 1. The van der Waals surface area contributed by atoms with Crippen LogP contribution in [0.25, 0.3) is 11.3 Å². The molecule has 5 nitrogen and oxygen atoms in total. The SMILES string of the molecule is NC1Nc2ccc(Oc3cc(-c4ccc(C(F)(F)F)cc4)ncn3)cc2S1. The Balaban J connectivity index is 1.55. The van der Waals surface area contributed by atoms with Crippen LogP contribution >= 0.6 is 11.8 Å². The largest absolute Gasteiger partial charge is 0.439 e. The van der Waals surface area contributed by atoms with Crippen LogP contribution < -0.4 is 15.8 Å². The molecule has 0 radical (unpaired) electrons. The molecular weight excluding hydrogens is 377 g/mol. The molecule has 138 valence electrons. The number of rotatable bonds is 3.